The lowest BCUT2D eigenvalue weighted by molar-refractivity contribution is 0.481. The third-order valence-corrected chi connectivity index (χ3v) is 5.81. The number of phenolic OH excluding ortho intramolecular Hbond substituents is 2. The van der Waals surface area contributed by atoms with Gasteiger partial charge in [0.2, 0.25) is 0 Å². The number of fused-ring (bicyclic) bond motifs is 2. The van der Waals surface area contributed by atoms with Crippen molar-refractivity contribution in [1.29, 1.82) is 0 Å². The van der Waals surface area contributed by atoms with Gasteiger partial charge in [-0.2, -0.15) is 0 Å². The molecular formula is C26H16O2. The zero-order chi connectivity index (χ0) is 18.8. The van der Waals surface area contributed by atoms with E-state index in [0.717, 1.165) is 54.2 Å². The summed E-state index contributed by atoms with van der Waals surface area (Å²) in [4.78, 5) is 0. The average molecular weight is 360 g/mol. The summed E-state index contributed by atoms with van der Waals surface area (Å²) in [5.41, 5.74) is 2.25. The molecule has 132 valence electrons. The molecule has 0 spiro atoms. The van der Waals surface area contributed by atoms with Gasteiger partial charge in [0.05, 0.1) is 0 Å². The van der Waals surface area contributed by atoms with Crippen molar-refractivity contribution in [3.8, 4) is 22.6 Å². The smallest absolute Gasteiger partial charge is 0.124 e. The van der Waals surface area contributed by atoms with Crippen molar-refractivity contribution in [3.05, 3.63) is 84.9 Å². The van der Waals surface area contributed by atoms with Gasteiger partial charge in [-0.15, -0.1) is 0 Å². The summed E-state index contributed by atoms with van der Waals surface area (Å²) >= 11 is 0. The highest BCUT2D eigenvalue weighted by Gasteiger charge is 2.19. The molecule has 6 aromatic carbocycles. The molecule has 2 heteroatoms. The van der Waals surface area contributed by atoms with Gasteiger partial charge in [-0.1, -0.05) is 72.8 Å². The summed E-state index contributed by atoms with van der Waals surface area (Å²) in [6.45, 7) is 0. The molecule has 2 nitrogen and oxygen atoms in total. The Morgan fingerprint density at radius 2 is 1.11 bits per heavy atom. The van der Waals surface area contributed by atoms with Gasteiger partial charge in [-0.3, -0.25) is 0 Å². The van der Waals surface area contributed by atoms with Crippen LogP contribution in [-0.2, 0) is 0 Å². The van der Waals surface area contributed by atoms with E-state index in [4.69, 9.17) is 0 Å². The number of aromatic hydroxyl groups is 2. The Labute approximate surface area is 161 Å². The largest absolute Gasteiger partial charge is 0.507 e. The van der Waals surface area contributed by atoms with Crippen LogP contribution in [0.5, 0.6) is 11.5 Å². The Hall–Kier alpha value is -3.78. The molecule has 0 aromatic heterocycles. The van der Waals surface area contributed by atoms with E-state index < -0.39 is 0 Å². The van der Waals surface area contributed by atoms with Crippen molar-refractivity contribution in [2.24, 2.45) is 0 Å². The minimum atomic E-state index is 0.264. The third kappa shape index (κ3) is 1.87. The molecule has 0 saturated carbocycles. The normalized spacial score (nSPS) is 11.9. The average Bonchev–Trinajstić information content (AvgIpc) is 2.74. The minimum Gasteiger partial charge on any atom is -0.507 e. The molecule has 0 atom stereocenters. The summed E-state index contributed by atoms with van der Waals surface area (Å²) in [6.07, 6.45) is 0. The molecule has 0 fully saturated rings. The number of rotatable bonds is 1. The Kier molecular flexibility index (Phi) is 2.93. The van der Waals surface area contributed by atoms with Crippen LogP contribution in [0.2, 0.25) is 0 Å². The Balaban J connectivity index is 1.95. The predicted octanol–water partition coefficient (Wildman–Crippen LogP) is 6.82. The zero-order valence-electron chi connectivity index (χ0n) is 15.0. The van der Waals surface area contributed by atoms with Gasteiger partial charge in [-0.25, -0.2) is 0 Å². The highest BCUT2D eigenvalue weighted by Crippen LogP contribution is 2.47. The first-order valence-corrected chi connectivity index (χ1v) is 9.33. The second kappa shape index (κ2) is 5.37. The van der Waals surface area contributed by atoms with E-state index in [0.29, 0.717) is 0 Å². The predicted molar refractivity (Wildman–Crippen MR) is 116 cm³/mol. The first-order valence-electron chi connectivity index (χ1n) is 9.33. The summed E-state index contributed by atoms with van der Waals surface area (Å²) in [6, 6.07) is 28.0. The number of hydrogen-bond donors (Lipinski definition) is 2. The molecule has 0 aliphatic carbocycles. The van der Waals surface area contributed by atoms with Crippen molar-refractivity contribution in [2.45, 2.75) is 0 Å². The van der Waals surface area contributed by atoms with E-state index in [1.165, 1.54) is 0 Å². The van der Waals surface area contributed by atoms with Crippen molar-refractivity contribution in [3.63, 3.8) is 0 Å². The maximum Gasteiger partial charge on any atom is 0.124 e. The Morgan fingerprint density at radius 3 is 1.93 bits per heavy atom. The molecule has 0 unspecified atom stereocenters. The highest BCUT2D eigenvalue weighted by atomic mass is 16.3. The van der Waals surface area contributed by atoms with Gasteiger partial charge >= 0.3 is 0 Å². The van der Waals surface area contributed by atoms with Gasteiger partial charge in [-0.05, 0) is 44.8 Å². The van der Waals surface area contributed by atoms with E-state index in [1.807, 2.05) is 48.5 Å². The van der Waals surface area contributed by atoms with Crippen LogP contribution < -0.4 is 0 Å². The molecule has 0 aliphatic rings. The van der Waals surface area contributed by atoms with E-state index in [2.05, 4.69) is 24.3 Å². The maximum atomic E-state index is 10.8. The monoisotopic (exact) mass is 360 g/mol. The fourth-order valence-corrected chi connectivity index (χ4v) is 4.64. The zero-order valence-corrected chi connectivity index (χ0v) is 15.0. The van der Waals surface area contributed by atoms with Crippen molar-refractivity contribution < 1.29 is 10.2 Å². The molecule has 0 saturated heterocycles. The SMILES string of the molecule is Oc1ccc2cccc3c4c(O)ccc5c(-c6ccccc6)ccc(c1c23)c54. The summed E-state index contributed by atoms with van der Waals surface area (Å²) < 4.78 is 0. The molecule has 0 heterocycles. The van der Waals surface area contributed by atoms with Crippen LogP contribution in [0.4, 0.5) is 0 Å². The minimum absolute atomic E-state index is 0.264. The Bertz CT molecular complexity index is 1510. The quantitative estimate of drug-likeness (QED) is 0.250. The molecule has 28 heavy (non-hydrogen) atoms. The van der Waals surface area contributed by atoms with Crippen LogP contribution in [0.15, 0.2) is 84.9 Å². The van der Waals surface area contributed by atoms with Crippen LogP contribution in [-0.4, -0.2) is 10.2 Å². The van der Waals surface area contributed by atoms with Gasteiger partial charge in [0, 0.05) is 21.5 Å². The molecule has 0 amide bonds. The fraction of sp³-hybridized carbons (Fsp3) is 0. The molecule has 6 rings (SSSR count). The van der Waals surface area contributed by atoms with Crippen molar-refractivity contribution in [1.82, 2.24) is 0 Å². The molecule has 0 radical (unpaired) electrons. The summed E-state index contributed by atoms with van der Waals surface area (Å²) in [5, 5.41) is 29.3. The molecule has 6 aromatic rings. The van der Waals surface area contributed by atoms with Crippen LogP contribution in [0.1, 0.15) is 0 Å². The van der Waals surface area contributed by atoms with Gasteiger partial charge in [0.15, 0.2) is 0 Å². The van der Waals surface area contributed by atoms with Crippen molar-refractivity contribution in [2.75, 3.05) is 0 Å². The van der Waals surface area contributed by atoms with Gasteiger partial charge in [0.25, 0.3) is 0 Å². The topological polar surface area (TPSA) is 40.5 Å². The van der Waals surface area contributed by atoms with E-state index >= 15 is 0 Å². The molecular weight excluding hydrogens is 344 g/mol. The van der Waals surface area contributed by atoms with E-state index in [-0.39, 0.29) is 11.5 Å². The van der Waals surface area contributed by atoms with E-state index in [1.54, 1.807) is 12.1 Å². The second-order valence-corrected chi connectivity index (χ2v) is 7.27. The van der Waals surface area contributed by atoms with Crippen LogP contribution in [0.3, 0.4) is 0 Å². The first-order chi connectivity index (χ1) is 13.7. The van der Waals surface area contributed by atoms with Gasteiger partial charge in [0.1, 0.15) is 11.5 Å². The number of phenols is 2. The van der Waals surface area contributed by atoms with Crippen LogP contribution in [0, 0.1) is 0 Å². The fourth-order valence-electron chi connectivity index (χ4n) is 4.64. The molecule has 2 N–H and O–H groups in total. The third-order valence-electron chi connectivity index (χ3n) is 5.81. The van der Waals surface area contributed by atoms with Crippen molar-refractivity contribution >= 4 is 43.1 Å². The van der Waals surface area contributed by atoms with Crippen LogP contribution >= 0.6 is 0 Å². The number of hydrogen-bond acceptors (Lipinski definition) is 2. The highest BCUT2D eigenvalue weighted by molar-refractivity contribution is 6.36. The lowest BCUT2D eigenvalue weighted by atomic mass is 9.86. The lowest BCUT2D eigenvalue weighted by Gasteiger charge is -2.18. The van der Waals surface area contributed by atoms with Crippen LogP contribution in [0.25, 0.3) is 54.2 Å². The van der Waals surface area contributed by atoms with Gasteiger partial charge < -0.3 is 10.2 Å². The summed E-state index contributed by atoms with van der Waals surface area (Å²) in [5.74, 6) is 0.531. The second-order valence-electron chi connectivity index (χ2n) is 7.27. The molecule has 0 aliphatic heterocycles. The first kappa shape index (κ1) is 15.3. The summed E-state index contributed by atoms with van der Waals surface area (Å²) in [7, 11) is 0. The van der Waals surface area contributed by atoms with E-state index in [9.17, 15) is 10.2 Å². The molecule has 0 bridgehead atoms. The number of benzene rings is 6. The maximum absolute atomic E-state index is 10.8. The standard InChI is InChI=1S/C26H16O2/c27-21-13-9-16-7-4-8-19-23(16)25(21)20-11-10-17(15-5-2-1-3-6-15)18-12-14-22(28)26(19)24(18)20/h1-14,27-28H. The Morgan fingerprint density at radius 1 is 0.429 bits per heavy atom. The lowest BCUT2D eigenvalue weighted by Crippen LogP contribution is -1.90.